The third kappa shape index (κ3) is 3.99. The van der Waals surface area contributed by atoms with E-state index in [0.717, 1.165) is 11.4 Å². The van der Waals surface area contributed by atoms with E-state index in [9.17, 15) is 0 Å². The molecule has 9 aromatic rings. The fourth-order valence-electron chi connectivity index (χ4n) is 9.18. The van der Waals surface area contributed by atoms with Crippen LogP contribution in [0.25, 0.3) is 53.6 Å². The maximum absolute atomic E-state index is 2.49. The largest absolute Gasteiger partial charge is 0.310 e. The molecule has 1 atom stereocenters. The van der Waals surface area contributed by atoms with Gasteiger partial charge in [0.25, 0.3) is 0 Å². The van der Waals surface area contributed by atoms with Crippen molar-refractivity contribution in [3.8, 4) is 33.4 Å². The minimum absolute atomic E-state index is 0.494. The topological polar surface area (TPSA) is 3.24 Å². The van der Waals surface area contributed by atoms with Crippen LogP contribution < -0.4 is 4.90 Å². The Morgan fingerprint density at radius 3 is 1.85 bits per heavy atom. The fourth-order valence-corrected chi connectivity index (χ4v) is 10.4. The van der Waals surface area contributed by atoms with Gasteiger partial charge in [0.15, 0.2) is 0 Å². The second-order valence-corrected chi connectivity index (χ2v) is 15.1. The molecule has 0 amide bonds. The fraction of sp³-hybridized carbons (Fsp3) is 0.0400. The molecule has 1 nitrogen and oxygen atoms in total. The molecule has 0 fully saturated rings. The van der Waals surface area contributed by atoms with Gasteiger partial charge in [-0.05, 0) is 87.8 Å². The molecule has 2 aliphatic rings. The summed E-state index contributed by atoms with van der Waals surface area (Å²) in [6.45, 7) is 2.16. The van der Waals surface area contributed by atoms with Crippen LogP contribution in [0.1, 0.15) is 27.8 Å². The number of hydrogen-bond acceptors (Lipinski definition) is 2. The molecule has 8 aromatic carbocycles. The summed E-state index contributed by atoms with van der Waals surface area (Å²) < 4.78 is 2.71. The molecule has 0 radical (unpaired) electrons. The van der Waals surface area contributed by atoms with Crippen LogP contribution >= 0.6 is 11.3 Å². The Morgan fingerprint density at radius 2 is 1.06 bits per heavy atom. The summed E-state index contributed by atoms with van der Waals surface area (Å²) in [4.78, 5) is 2.49. The van der Waals surface area contributed by atoms with E-state index in [0.29, 0.717) is 0 Å². The van der Waals surface area contributed by atoms with Crippen LogP contribution in [-0.4, -0.2) is 0 Å². The van der Waals surface area contributed by atoms with Crippen LogP contribution in [0.15, 0.2) is 182 Å². The smallest absolute Gasteiger partial charge is 0.0746 e. The molecule has 0 saturated carbocycles. The Morgan fingerprint density at radius 1 is 0.442 bits per heavy atom. The van der Waals surface area contributed by atoms with Gasteiger partial charge in [-0.2, -0.15) is 0 Å². The Bertz CT molecular complexity index is 2850. The highest BCUT2D eigenvalue weighted by molar-refractivity contribution is 7.26. The van der Waals surface area contributed by atoms with Gasteiger partial charge < -0.3 is 4.90 Å². The molecule has 2 aliphatic carbocycles. The maximum atomic E-state index is 2.49. The maximum Gasteiger partial charge on any atom is 0.0746 e. The van der Waals surface area contributed by atoms with Crippen LogP contribution in [0.2, 0.25) is 0 Å². The lowest BCUT2D eigenvalue weighted by Crippen LogP contribution is -2.28. The summed E-state index contributed by atoms with van der Waals surface area (Å²) in [5.41, 5.74) is 17.4. The van der Waals surface area contributed by atoms with Crippen LogP contribution in [-0.2, 0) is 5.41 Å². The van der Waals surface area contributed by atoms with Gasteiger partial charge in [0.2, 0.25) is 0 Å². The number of benzene rings is 8. The third-order valence-corrected chi connectivity index (χ3v) is 12.6. The minimum Gasteiger partial charge on any atom is -0.310 e. The van der Waals surface area contributed by atoms with Crippen molar-refractivity contribution in [3.63, 3.8) is 0 Å². The second-order valence-electron chi connectivity index (χ2n) is 14.1. The highest BCUT2D eigenvalue weighted by Gasteiger charge is 2.53. The first-order valence-electron chi connectivity index (χ1n) is 18.0. The van der Waals surface area contributed by atoms with Gasteiger partial charge in [0.05, 0.1) is 11.1 Å². The van der Waals surface area contributed by atoms with Gasteiger partial charge in [-0.3, -0.25) is 0 Å². The highest BCUT2D eigenvalue weighted by atomic mass is 32.1. The molecule has 2 heteroatoms. The lowest BCUT2D eigenvalue weighted by molar-refractivity contribution is 0.793. The van der Waals surface area contributed by atoms with Crippen molar-refractivity contribution in [2.75, 3.05) is 4.90 Å². The summed E-state index contributed by atoms with van der Waals surface area (Å²) >= 11 is 1.93. The van der Waals surface area contributed by atoms with Crippen molar-refractivity contribution in [2.24, 2.45) is 0 Å². The van der Waals surface area contributed by atoms with E-state index in [-0.39, 0.29) is 0 Å². The molecule has 1 heterocycles. The van der Waals surface area contributed by atoms with Gasteiger partial charge in [-0.15, -0.1) is 11.3 Å². The van der Waals surface area contributed by atoms with E-state index in [1.807, 2.05) is 11.3 Å². The van der Waals surface area contributed by atoms with Crippen LogP contribution in [0.3, 0.4) is 0 Å². The number of nitrogens with zero attached hydrogens (tertiary/aromatic N) is 1. The van der Waals surface area contributed by atoms with E-state index in [1.54, 1.807) is 0 Å². The Labute approximate surface area is 307 Å². The lowest BCUT2D eigenvalue weighted by atomic mass is 9.70. The van der Waals surface area contributed by atoms with Crippen molar-refractivity contribution in [3.05, 3.63) is 210 Å². The molecule has 11 rings (SSSR count). The Kier molecular flexibility index (Phi) is 6.32. The van der Waals surface area contributed by atoms with E-state index in [1.165, 1.54) is 87.1 Å². The average molecular weight is 680 g/mol. The molecule has 0 N–H and O–H groups in total. The van der Waals surface area contributed by atoms with E-state index < -0.39 is 5.41 Å². The number of fused-ring (bicyclic) bond motifs is 14. The molecular weight excluding hydrogens is 647 g/mol. The lowest BCUT2D eigenvalue weighted by Gasteiger charge is -2.36. The van der Waals surface area contributed by atoms with Gasteiger partial charge in [-0.25, -0.2) is 0 Å². The van der Waals surface area contributed by atoms with Crippen LogP contribution in [0.4, 0.5) is 17.1 Å². The van der Waals surface area contributed by atoms with Crippen molar-refractivity contribution < 1.29 is 0 Å². The molecule has 1 spiro atoms. The third-order valence-electron chi connectivity index (χ3n) is 11.4. The van der Waals surface area contributed by atoms with E-state index in [2.05, 4.69) is 194 Å². The standard InChI is InChI=1S/C50H33NS/c1-32-22-26-35(27-23-32)51(36-28-24-34(25-29-36)33-12-3-2-4-13-33)45-20-11-17-39-37-14-5-8-18-42(37)50(48(39)45)43-19-9-6-16-41(43)47-44(50)31-30-40-38-15-7-10-21-46(38)52-49(40)47/h2-31H,1H3. The predicted molar refractivity (Wildman–Crippen MR) is 220 cm³/mol. The summed E-state index contributed by atoms with van der Waals surface area (Å²) in [7, 11) is 0. The highest BCUT2D eigenvalue weighted by Crippen LogP contribution is 2.66. The molecular formula is C50H33NS. The first-order chi connectivity index (χ1) is 25.7. The number of aryl methyl sites for hydroxylation is 1. The van der Waals surface area contributed by atoms with Crippen LogP contribution in [0.5, 0.6) is 0 Å². The van der Waals surface area contributed by atoms with Crippen molar-refractivity contribution in [2.45, 2.75) is 12.3 Å². The Hall–Kier alpha value is -6.22. The summed E-state index contributed by atoms with van der Waals surface area (Å²) in [6, 6.07) is 67.7. The normalized spacial score (nSPS) is 15.1. The van der Waals surface area contributed by atoms with Crippen LogP contribution in [0, 0.1) is 6.92 Å². The Balaban J connectivity index is 1.23. The molecule has 0 saturated heterocycles. The molecule has 0 aliphatic heterocycles. The van der Waals surface area contributed by atoms with E-state index in [4.69, 9.17) is 0 Å². The minimum atomic E-state index is -0.494. The van der Waals surface area contributed by atoms with Gasteiger partial charge in [0, 0.05) is 42.7 Å². The second kappa shape index (κ2) is 11.1. The zero-order valence-electron chi connectivity index (χ0n) is 28.7. The quantitative estimate of drug-likeness (QED) is 0.179. The summed E-state index contributed by atoms with van der Waals surface area (Å²) in [5.74, 6) is 0. The first-order valence-corrected chi connectivity index (χ1v) is 18.8. The molecule has 1 unspecified atom stereocenters. The molecule has 0 bridgehead atoms. The van der Waals surface area contributed by atoms with E-state index >= 15 is 0 Å². The van der Waals surface area contributed by atoms with Gasteiger partial charge in [-0.1, -0.05) is 151 Å². The first kappa shape index (κ1) is 29.5. The monoisotopic (exact) mass is 679 g/mol. The average Bonchev–Trinajstić information content (AvgIpc) is 3.84. The van der Waals surface area contributed by atoms with Gasteiger partial charge in [0.1, 0.15) is 0 Å². The molecule has 1 aromatic heterocycles. The summed E-state index contributed by atoms with van der Waals surface area (Å²) in [5, 5.41) is 2.67. The van der Waals surface area contributed by atoms with Crippen molar-refractivity contribution in [1.29, 1.82) is 0 Å². The molecule has 244 valence electrons. The van der Waals surface area contributed by atoms with Crippen molar-refractivity contribution in [1.82, 2.24) is 0 Å². The zero-order chi connectivity index (χ0) is 34.4. The summed E-state index contributed by atoms with van der Waals surface area (Å²) in [6.07, 6.45) is 0. The number of anilines is 3. The zero-order valence-corrected chi connectivity index (χ0v) is 29.5. The number of thiophene rings is 1. The number of hydrogen-bond donors (Lipinski definition) is 0. The van der Waals surface area contributed by atoms with Gasteiger partial charge >= 0.3 is 0 Å². The molecule has 52 heavy (non-hydrogen) atoms. The number of rotatable bonds is 4. The SMILES string of the molecule is Cc1ccc(N(c2ccc(-c3ccccc3)cc2)c2cccc3c2C2(c4ccccc4-3)c3ccccc3-c3c2ccc2c3sc3ccccc32)cc1. The predicted octanol–water partition coefficient (Wildman–Crippen LogP) is 13.8. The van der Waals surface area contributed by atoms with Crippen molar-refractivity contribution >= 4 is 48.6 Å².